The lowest BCUT2D eigenvalue weighted by molar-refractivity contribution is -0.117. The molecule has 2 unspecified atom stereocenters. The third-order valence-electron chi connectivity index (χ3n) is 4.77. The van der Waals surface area contributed by atoms with Crippen molar-refractivity contribution >= 4 is 11.6 Å². The van der Waals surface area contributed by atoms with Crippen molar-refractivity contribution in [3.8, 4) is 17.2 Å². The summed E-state index contributed by atoms with van der Waals surface area (Å²) in [5, 5.41) is 3.00. The number of hydrogen-bond donors (Lipinski definition) is 1. The van der Waals surface area contributed by atoms with E-state index in [2.05, 4.69) is 5.32 Å². The SMILES string of the molecule is COc1ccc(C2CC2C(=O)Nc2ccc(Oc3ccccc3)cc2)cc1. The largest absolute Gasteiger partial charge is 0.497 e. The highest BCUT2D eigenvalue weighted by Gasteiger charge is 2.43. The van der Waals surface area contributed by atoms with Crippen LogP contribution in [-0.2, 0) is 4.79 Å². The van der Waals surface area contributed by atoms with Gasteiger partial charge in [0.25, 0.3) is 0 Å². The van der Waals surface area contributed by atoms with Gasteiger partial charge >= 0.3 is 0 Å². The molecule has 4 rings (SSSR count). The summed E-state index contributed by atoms with van der Waals surface area (Å²) >= 11 is 0. The molecule has 1 amide bonds. The Labute approximate surface area is 158 Å². The van der Waals surface area contributed by atoms with Gasteiger partial charge in [-0.05, 0) is 66.4 Å². The maximum Gasteiger partial charge on any atom is 0.228 e. The van der Waals surface area contributed by atoms with E-state index in [1.54, 1.807) is 7.11 Å². The zero-order valence-electron chi connectivity index (χ0n) is 15.1. The van der Waals surface area contributed by atoms with Crippen LogP contribution < -0.4 is 14.8 Å². The van der Waals surface area contributed by atoms with Crippen molar-refractivity contribution in [2.75, 3.05) is 12.4 Å². The molecule has 4 nitrogen and oxygen atoms in total. The molecule has 136 valence electrons. The van der Waals surface area contributed by atoms with Gasteiger partial charge < -0.3 is 14.8 Å². The standard InChI is InChI=1S/C23H21NO3/c1-26-18-11-7-16(8-12-18)21-15-22(21)23(25)24-17-9-13-20(14-10-17)27-19-5-3-2-4-6-19/h2-14,21-22H,15H2,1H3,(H,24,25). The van der Waals surface area contributed by atoms with Crippen LogP contribution in [0.1, 0.15) is 17.9 Å². The molecule has 1 N–H and O–H groups in total. The fourth-order valence-corrected chi connectivity index (χ4v) is 3.17. The van der Waals surface area contributed by atoms with Crippen LogP contribution in [0.4, 0.5) is 5.69 Å². The maximum atomic E-state index is 12.5. The van der Waals surface area contributed by atoms with Gasteiger partial charge in [-0.15, -0.1) is 0 Å². The first-order valence-electron chi connectivity index (χ1n) is 9.01. The zero-order valence-corrected chi connectivity index (χ0v) is 15.1. The molecule has 27 heavy (non-hydrogen) atoms. The maximum absolute atomic E-state index is 12.5. The number of benzene rings is 3. The Balaban J connectivity index is 1.33. The quantitative estimate of drug-likeness (QED) is 0.655. The summed E-state index contributed by atoms with van der Waals surface area (Å²) in [6, 6.07) is 25.0. The molecule has 3 aromatic carbocycles. The second kappa shape index (κ2) is 7.54. The second-order valence-electron chi connectivity index (χ2n) is 6.65. The van der Waals surface area contributed by atoms with Crippen LogP contribution in [0, 0.1) is 5.92 Å². The zero-order chi connectivity index (χ0) is 18.6. The number of amides is 1. The Morgan fingerprint density at radius 1 is 0.852 bits per heavy atom. The summed E-state index contributed by atoms with van der Waals surface area (Å²) in [6.07, 6.45) is 0.882. The second-order valence-corrected chi connectivity index (χ2v) is 6.65. The average molecular weight is 359 g/mol. The van der Waals surface area contributed by atoms with Crippen LogP contribution >= 0.6 is 0 Å². The molecule has 0 aromatic heterocycles. The summed E-state index contributed by atoms with van der Waals surface area (Å²) in [6.45, 7) is 0. The minimum absolute atomic E-state index is 0.0265. The van der Waals surface area contributed by atoms with Crippen LogP contribution in [0.25, 0.3) is 0 Å². The first-order valence-corrected chi connectivity index (χ1v) is 9.01. The van der Waals surface area contributed by atoms with Gasteiger partial charge in [0.05, 0.1) is 7.11 Å². The van der Waals surface area contributed by atoms with Crippen molar-refractivity contribution in [2.24, 2.45) is 5.92 Å². The van der Waals surface area contributed by atoms with E-state index >= 15 is 0 Å². The van der Waals surface area contributed by atoms with Crippen molar-refractivity contribution < 1.29 is 14.3 Å². The Morgan fingerprint density at radius 3 is 2.15 bits per heavy atom. The molecule has 0 aliphatic heterocycles. The van der Waals surface area contributed by atoms with E-state index in [4.69, 9.17) is 9.47 Å². The number of carbonyl (C=O) groups is 1. The monoisotopic (exact) mass is 359 g/mol. The van der Waals surface area contributed by atoms with E-state index in [0.717, 1.165) is 29.4 Å². The van der Waals surface area contributed by atoms with Gasteiger partial charge in [0.15, 0.2) is 0 Å². The first kappa shape index (κ1) is 17.2. The summed E-state index contributed by atoms with van der Waals surface area (Å²) in [4.78, 5) is 12.5. The molecule has 1 aliphatic rings. The molecule has 2 atom stereocenters. The highest BCUT2D eigenvalue weighted by Crippen LogP contribution is 2.48. The van der Waals surface area contributed by atoms with E-state index < -0.39 is 0 Å². The lowest BCUT2D eigenvalue weighted by atomic mass is 10.1. The third kappa shape index (κ3) is 4.11. The van der Waals surface area contributed by atoms with Crippen LogP contribution in [0.3, 0.4) is 0 Å². The molecule has 1 fully saturated rings. The lowest BCUT2D eigenvalue weighted by Gasteiger charge is -2.08. The molecule has 3 aromatic rings. The van der Waals surface area contributed by atoms with E-state index in [1.165, 1.54) is 5.56 Å². The van der Waals surface area contributed by atoms with Gasteiger partial charge in [0.1, 0.15) is 17.2 Å². The predicted molar refractivity (Wildman–Crippen MR) is 105 cm³/mol. The molecule has 0 bridgehead atoms. The Kier molecular flexibility index (Phi) is 4.79. The smallest absolute Gasteiger partial charge is 0.228 e. The van der Waals surface area contributed by atoms with E-state index in [0.29, 0.717) is 0 Å². The summed E-state index contributed by atoms with van der Waals surface area (Å²) in [5.41, 5.74) is 1.96. The number of carbonyl (C=O) groups excluding carboxylic acids is 1. The third-order valence-corrected chi connectivity index (χ3v) is 4.77. The Hall–Kier alpha value is -3.27. The molecule has 0 radical (unpaired) electrons. The number of methoxy groups -OCH3 is 1. The molecule has 1 aliphatic carbocycles. The van der Waals surface area contributed by atoms with Crippen molar-refractivity contribution in [1.82, 2.24) is 0 Å². The number of anilines is 1. The summed E-state index contributed by atoms with van der Waals surface area (Å²) in [7, 11) is 1.65. The van der Waals surface area contributed by atoms with Crippen LogP contribution in [0.5, 0.6) is 17.2 Å². The van der Waals surface area contributed by atoms with Crippen LogP contribution in [0.15, 0.2) is 78.9 Å². The number of nitrogens with one attached hydrogen (secondary N) is 1. The van der Waals surface area contributed by atoms with Crippen LogP contribution in [-0.4, -0.2) is 13.0 Å². The minimum atomic E-state index is 0.0265. The van der Waals surface area contributed by atoms with Crippen molar-refractivity contribution in [3.05, 3.63) is 84.4 Å². The highest BCUT2D eigenvalue weighted by atomic mass is 16.5. The topological polar surface area (TPSA) is 47.6 Å². The van der Waals surface area contributed by atoms with Gasteiger partial charge in [-0.3, -0.25) is 4.79 Å². The highest BCUT2D eigenvalue weighted by molar-refractivity contribution is 5.95. The van der Waals surface area contributed by atoms with Gasteiger partial charge in [0.2, 0.25) is 5.91 Å². The average Bonchev–Trinajstić information content (AvgIpc) is 3.51. The fourth-order valence-electron chi connectivity index (χ4n) is 3.17. The van der Waals surface area contributed by atoms with Crippen LogP contribution in [0.2, 0.25) is 0 Å². The number of ether oxygens (including phenoxy) is 2. The summed E-state index contributed by atoms with van der Waals surface area (Å²) < 4.78 is 10.9. The molecular formula is C23H21NO3. The Morgan fingerprint density at radius 2 is 1.48 bits per heavy atom. The molecule has 4 heteroatoms. The lowest BCUT2D eigenvalue weighted by Crippen LogP contribution is -2.14. The van der Waals surface area contributed by atoms with Gasteiger partial charge in [0, 0.05) is 11.6 Å². The first-order chi connectivity index (χ1) is 13.2. The molecular weight excluding hydrogens is 338 g/mol. The Bertz CT molecular complexity index is 905. The predicted octanol–water partition coefficient (Wildman–Crippen LogP) is 5.23. The van der Waals surface area contributed by atoms with E-state index in [-0.39, 0.29) is 17.7 Å². The van der Waals surface area contributed by atoms with Crippen molar-refractivity contribution in [1.29, 1.82) is 0 Å². The van der Waals surface area contributed by atoms with Gasteiger partial charge in [-0.25, -0.2) is 0 Å². The molecule has 0 spiro atoms. The van der Waals surface area contributed by atoms with Gasteiger partial charge in [-0.1, -0.05) is 30.3 Å². The molecule has 1 saturated carbocycles. The normalized spacial score (nSPS) is 17.8. The number of rotatable bonds is 6. The van der Waals surface area contributed by atoms with E-state index in [9.17, 15) is 4.79 Å². The molecule has 0 heterocycles. The van der Waals surface area contributed by atoms with Gasteiger partial charge in [-0.2, -0.15) is 0 Å². The molecule has 0 saturated heterocycles. The summed E-state index contributed by atoms with van der Waals surface area (Å²) in [5.74, 6) is 2.73. The minimum Gasteiger partial charge on any atom is -0.497 e. The number of para-hydroxylation sites is 1. The number of hydrogen-bond acceptors (Lipinski definition) is 3. The van der Waals surface area contributed by atoms with Crippen molar-refractivity contribution in [2.45, 2.75) is 12.3 Å². The van der Waals surface area contributed by atoms with Crippen molar-refractivity contribution in [3.63, 3.8) is 0 Å². The fraction of sp³-hybridized carbons (Fsp3) is 0.174. The van der Waals surface area contributed by atoms with E-state index in [1.807, 2.05) is 78.9 Å².